The van der Waals surface area contributed by atoms with Crippen LogP contribution in [0, 0.1) is 0 Å². The molecule has 1 aromatic carbocycles. The van der Waals surface area contributed by atoms with Gasteiger partial charge in [0.1, 0.15) is 0 Å². The number of hydrogen-bond acceptors (Lipinski definition) is 2. The number of likely N-dealkylation sites (tertiary alicyclic amines) is 1. The molecule has 2 fully saturated rings. The van der Waals surface area contributed by atoms with E-state index in [1.807, 2.05) is 12.1 Å². The average Bonchev–Trinajstić information content (AvgIpc) is 2.77. The molecule has 15 heavy (non-hydrogen) atoms. The Balaban J connectivity index is 1.83. The number of halogens is 1. The summed E-state index contributed by atoms with van der Waals surface area (Å²) in [4.78, 5) is 4.98. The maximum atomic E-state index is 5.89. The quantitative estimate of drug-likeness (QED) is 0.719. The lowest BCUT2D eigenvalue weighted by atomic mass is 10.2. The minimum Gasteiger partial charge on any atom is -0.366 e. The fourth-order valence-corrected chi connectivity index (χ4v) is 2.94. The monoisotopic (exact) mass is 222 g/mol. The average molecular weight is 223 g/mol. The second-order valence-electron chi connectivity index (χ2n) is 4.61. The highest BCUT2D eigenvalue weighted by molar-refractivity contribution is 6.30. The second-order valence-corrected chi connectivity index (χ2v) is 5.05. The summed E-state index contributed by atoms with van der Waals surface area (Å²) in [5, 5.41) is 0.820. The molecule has 3 heteroatoms. The van der Waals surface area contributed by atoms with Crippen molar-refractivity contribution >= 4 is 17.3 Å². The first-order valence-electron chi connectivity index (χ1n) is 5.46. The van der Waals surface area contributed by atoms with Gasteiger partial charge in [-0.1, -0.05) is 11.6 Å². The summed E-state index contributed by atoms with van der Waals surface area (Å²) >= 11 is 5.89. The number of hydrogen-bond donors (Lipinski definition) is 0. The molecular formula is C12H15ClN2. The predicted octanol–water partition coefficient (Wildman–Crippen LogP) is 2.23. The zero-order valence-electron chi connectivity index (χ0n) is 8.86. The Hall–Kier alpha value is -0.730. The van der Waals surface area contributed by atoms with Crippen molar-refractivity contribution in [1.82, 2.24) is 4.90 Å². The number of fused-ring (bicyclic) bond motifs is 2. The van der Waals surface area contributed by atoms with E-state index >= 15 is 0 Å². The third-order valence-corrected chi connectivity index (χ3v) is 3.92. The fraction of sp³-hybridized carbons (Fsp3) is 0.500. The van der Waals surface area contributed by atoms with E-state index in [1.165, 1.54) is 25.2 Å². The molecule has 2 heterocycles. The van der Waals surface area contributed by atoms with Crippen LogP contribution in [-0.4, -0.2) is 37.1 Å². The maximum absolute atomic E-state index is 5.89. The molecule has 80 valence electrons. The maximum Gasteiger partial charge on any atom is 0.0433 e. The van der Waals surface area contributed by atoms with Gasteiger partial charge in [0.25, 0.3) is 0 Å². The SMILES string of the molecule is CN1CC2C[C@H]1CN2c1ccc(Cl)cc1. The van der Waals surface area contributed by atoms with Crippen molar-refractivity contribution in [3.8, 4) is 0 Å². The van der Waals surface area contributed by atoms with E-state index in [9.17, 15) is 0 Å². The standard InChI is InChI=1S/C12H15ClN2/c1-14-7-12-6-11(14)8-15(12)10-4-2-9(13)3-5-10/h2-5,11-12H,6-8H2,1H3/t11-,12?/m0/s1. The molecular weight excluding hydrogens is 208 g/mol. The fourth-order valence-electron chi connectivity index (χ4n) is 2.81. The van der Waals surface area contributed by atoms with E-state index in [0.717, 1.165) is 11.1 Å². The lowest BCUT2D eigenvalue weighted by Crippen LogP contribution is -2.44. The molecule has 0 amide bonds. The topological polar surface area (TPSA) is 6.48 Å². The largest absolute Gasteiger partial charge is 0.366 e. The minimum absolute atomic E-state index is 0.709. The van der Waals surface area contributed by atoms with Crippen LogP contribution in [0.4, 0.5) is 5.69 Å². The van der Waals surface area contributed by atoms with Crippen LogP contribution < -0.4 is 4.90 Å². The van der Waals surface area contributed by atoms with Crippen LogP contribution in [-0.2, 0) is 0 Å². The number of nitrogens with zero attached hydrogens (tertiary/aromatic N) is 2. The van der Waals surface area contributed by atoms with Crippen LogP contribution in [0.1, 0.15) is 6.42 Å². The van der Waals surface area contributed by atoms with Crippen LogP contribution in [0.15, 0.2) is 24.3 Å². The van der Waals surface area contributed by atoms with Gasteiger partial charge in [0.2, 0.25) is 0 Å². The van der Waals surface area contributed by atoms with Gasteiger partial charge in [-0.05, 0) is 37.7 Å². The molecule has 2 bridgehead atoms. The zero-order chi connectivity index (χ0) is 10.4. The number of rotatable bonds is 1. The van der Waals surface area contributed by atoms with Gasteiger partial charge in [0.15, 0.2) is 0 Å². The molecule has 0 saturated carbocycles. The summed E-state index contributed by atoms with van der Waals surface area (Å²) < 4.78 is 0. The molecule has 1 unspecified atom stereocenters. The summed E-state index contributed by atoms with van der Waals surface area (Å²) in [5.74, 6) is 0. The van der Waals surface area contributed by atoms with Crippen molar-refractivity contribution in [2.24, 2.45) is 0 Å². The minimum atomic E-state index is 0.709. The van der Waals surface area contributed by atoms with E-state index < -0.39 is 0 Å². The van der Waals surface area contributed by atoms with Crippen LogP contribution in [0.5, 0.6) is 0 Å². The van der Waals surface area contributed by atoms with Crippen LogP contribution in [0.3, 0.4) is 0 Å². The lowest BCUT2D eigenvalue weighted by molar-refractivity contribution is 0.292. The van der Waals surface area contributed by atoms with Gasteiger partial charge in [-0.3, -0.25) is 4.90 Å². The molecule has 0 radical (unpaired) electrons. The molecule has 2 saturated heterocycles. The number of likely N-dealkylation sites (N-methyl/N-ethyl adjacent to an activating group) is 1. The molecule has 0 aliphatic carbocycles. The molecule has 1 aromatic rings. The molecule has 2 nitrogen and oxygen atoms in total. The first kappa shape index (κ1) is 9.49. The van der Waals surface area contributed by atoms with Crippen molar-refractivity contribution in [1.29, 1.82) is 0 Å². The summed E-state index contributed by atoms with van der Waals surface area (Å²) in [6, 6.07) is 9.68. The molecule has 3 rings (SSSR count). The Labute approximate surface area is 95.4 Å². The third-order valence-electron chi connectivity index (χ3n) is 3.67. The van der Waals surface area contributed by atoms with E-state index in [0.29, 0.717) is 6.04 Å². The molecule has 2 aliphatic rings. The smallest absolute Gasteiger partial charge is 0.0433 e. The summed E-state index contributed by atoms with van der Waals surface area (Å²) in [5.41, 5.74) is 1.32. The highest BCUT2D eigenvalue weighted by Gasteiger charge is 2.41. The van der Waals surface area contributed by atoms with Gasteiger partial charge < -0.3 is 4.90 Å². The van der Waals surface area contributed by atoms with Crippen molar-refractivity contribution in [3.63, 3.8) is 0 Å². The zero-order valence-corrected chi connectivity index (χ0v) is 9.61. The number of piperazine rings is 1. The van der Waals surface area contributed by atoms with Crippen LogP contribution in [0.2, 0.25) is 5.02 Å². The van der Waals surface area contributed by atoms with Gasteiger partial charge in [0, 0.05) is 35.9 Å². The Morgan fingerprint density at radius 2 is 1.87 bits per heavy atom. The van der Waals surface area contributed by atoms with E-state index in [4.69, 9.17) is 11.6 Å². The summed E-state index contributed by atoms with van der Waals surface area (Å²) in [6.07, 6.45) is 1.32. The Morgan fingerprint density at radius 1 is 1.13 bits per heavy atom. The normalized spacial score (nSPS) is 30.1. The van der Waals surface area contributed by atoms with E-state index in [-0.39, 0.29) is 0 Å². The highest BCUT2D eigenvalue weighted by atomic mass is 35.5. The van der Waals surface area contributed by atoms with Crippen molar-refractivity contribution in [2.75, 3.05) is 25.0 Å². The summed E-state index contributed by atoms with van der Waals surface area (Å²) in [6.45, 7) is 2.37. The first-order valence-corrected chi connectivity index (χ1v) is 5.84. The molecule has 0 aromatic heterocycles. The molecule has 0 spiro atoms. The second kappa shape index (κ2) is 3.39. The number of benzene rings is 1. The lowest BCUT2D eigenvalue weighted by Gasteiger charge is -2.33. The highest BCUT2D eigenvalue weighted by Crippen LogP contribution is 2.33. The first-order chi connectivity index (χ1) is 7.24. The molecule has 2 aliphatic heterocycles. The Bertz CT molecular complexity index is 360. The third kappa shape index (κ3) is 1.52. The van der Waals surface area contributed by atoms with Gasteiger partial charge in [-0.15, -0.1) is 0 Å². The van der Waals surface area contributed by atoms with Crippen LogP contribution in [0.25, 0.3) is 0 Å². The van der Waals surface area contributed by atoms with Gasteiger partial charge in [-0.2, -0.15) is 0 Å². The Morgan fingerprint density at radius 3 is 2.40 bits per heavy atom. The molecule has 2 atom stereocenters. The Kier molecular flexibility index (Phi) is 2.15. The van der Waals surface area contributed by atoms with Crippen LogP contribution >= 0.6 is 11.6 Å². The van der Waals surface area contributed by atoms with Gasteiger partial charge >= 0.3 is 0 Å². The van der Waals surface area contributed by atoms with Gasteiger partial charge in [-0.25, -0.2) is 0 Å². The molecule has 0 N–H and O–H groups in total. The number of anilines is 1. The van der Waals surface area contributed by atoms with Gasteiger partial charge in [0.05, 0.1) is 0 Å². The van der Waals surface area contributed by atoms with Crippen molar-refractivity contribution in [3.05, 3.63) is 29.3 Å². The van der Waals surface area contributed by atoms with E-state index in [2.05, 4.69) is 29.0 Å². The van der Waals surface area contributed by atoms with Crippen molar-refractivity contribution in [2.45, 2.75) is 18.5 Å². The van der Waals surface area contributed by atoms with E-state index in [1.54, 1.807) is 0 Å². The predicted molar refractivity (Wildman–Crippen MR) is 63.6 cm³/mol. The summed E-state index contributed by atoms with van der Waals surface area (Å²) in [7, 11) is 2.23. The van der Waals surface area contributed by atoms with Crippen molar-refractivity contribution < 1.29 is 0 Å².